The molecule has 2 heterocycles. The summed E-state index contributed by atoms with van der Waals surface area (Å²) in [5, 5.41) is 3.45. The van der Waals surface area contributed by atoms with E-state index in [1.807, 2.05) is 19.1 Å². The number of H-pyrrole nitrogens is 1. The highest BCUT2D eigenvalue weighted by atomic mass is 16.1. The van der Waals surface area contributed by atoms with E-state index in [9.17, 15) is 4.79 Å². The van der Waals surface area contributed by atoms with Crippen molar-refractivity contribution >= 4 is 5.82 Å². The van der Waals surface area contributed by atoms with Crippen LogP contribution in [0.3, 0.4) is 0 Å². The van der Waals surface area contributed by atoms with Crippen LogP contribution in [0.2, 0.25) is 0 Å². The number of hydrogen-bond acceptors (Lipinski definition) is 4. The molecule has 2 aromatic heterocycles. The minimum atomic E-state index is -0.0942. The molecule has 1 atom stereocenters. The van der Waals surface area contributed by atoms with Gasteiger partial charge in [-0.3, -0.25) is 4.79 Å². The molecule has 116 valence electrons. The highest BCUT2D eigenvalue weighted by Crippen LogP contribution is 2.30. The Kier molecular flexibility index (Phi) is 3.96. The van der Waals surface area contributed by atoms with Crippen molar-refractivity contribution in [2.75, 3.05) is 5.32 Å². The maximum absolute atomic E-state index is 11.8. The molecule has 0 saturated heterocycles. The molecule has 5 nitrogen and oxygen atoms in total. The zero-order chi connectivity index (χ0) is 15.7. The van der Waals surface area contributed by atoms with Gasteiger partial charge in [0.15, 0.2) is 0 Å². The zero-order valence-corrected chi connectivity index (χ0v) is 13.3. The summed E-state index contributed by atoms with van der Waals surface area (Å²) in [6.45, 7) is 5.83. The number of hydrogen-bond donors (Lipinski definition) is 2. The molecule has 1 fully saturated rings. The Labute approximate surface area is 130 Å². The van der Waals surface area contributed by atoms with Gasteiger partial charge in [0.2, 0.25) is 0 Å². The monoisotopic (exact) mass is 298 g/mol. The van der Waals surface area contributed by atoms with Gasteiger partial charge in [-0.05, 0) is 51.7 Å². The molecule has 1 aliphatic rings. The van der Waals surface area contributed by atoms with Gasteiger partial charge in [-0.2, -0.15) is 0 Å². The predicted octanol–water partition coefficient (Wildman–Crippen LogP) is 3.05. The average molecular weight is 298 g/mol. The first-order valence-electron chi connectivity index (χ1n) is 7.85. The lowest BCUT2D eigenvalue weighted by atomic mass is 9.80. The lowest BCUT2D eigenvalue weighted by Crippen LogP contribution is -2.31. The second kappa shape index (κ2) is 5.91. The molecular formula is C17H22N4O. The van der Waals surface area contributed by atoms with Crippen molar-refractivity contribution < 1.29 is 0 Å². The van der Waals surface area contributed by atoms with Crippen LogP contribution in [0.25, 0.3) is 11.4 Å². The molecule has 2 aromatic rings. The Morgan fingerprint density at radius 2 is 2.09 bits per heavy atom. The maximum atomic E-state index is 11.8. The Morgan fingerprint density at radius 3 is 2.64 bits per heavy atom. The van der Waals surface area contributed by atoms with Crippen molar-refractivity contribution in [2.24, 2.45) is 5.92 Å². The minimum absolute atomic E-state index is 0.0942. The molecule has 0 spiro atoms. The number of nitrogens with one attached hydrogen (secondary N) is 2. The molecule has 3 rings (SSSR count). The maximum Gasteiger partial charge on any atom is 0.254 e. The Bertz CT molecular complexity index is 716. The van der Waals surface area contributed by atoms with Gasteiger partial charge in [-0.15, -0.1) is 0 Å². The summed E-state index contributed by atoms with van der Waals surface area (Å²) < 4.78 is 0. The third-order valence-electron chi connectivity index (χ3n) is 4.66. The van der Waals surface area contributed by atoms with E-state index >= 15 is 0 Å². The van der Waals surface area contributed by atoms with E-state index in [4.69, 9.17) is 0 Å². The van der Waals surface area contributed by atoms with Gasteiger partial charge < -0.3 is 10.3 Å². The summed E-state index contributed by atoms with van der Waals surface area (Å²) in [5.74, 6) is 2.20. The summed E-state index contributed by atoms with van der Waals surface area (Å²) in [6, 6.07) is 4.34. The van der Waals surface area contributed by atoms with Crippen molar-refractivity contribution in [3.8, 4) is 11.4 Å². The van der Waals surface area contributed by atoms with Gasteiger partial charge in [-0.25, -0.2) is 9.97 Å². The SMILES string of the molecule is Cc1nc(-c2ccc(NC(C)C3CCC3)nc2)[nH]c(=O)c1C. The molecule has 1 saturated carbocycles. The Balaban J connectivity index is 1.77. The Hall–Kier alpha value is -2.17. The summed E-state index contributed by atoms with van der Waals surface area (Å²) in [7, 11) is 0. The van der Waals surface area contributed by atoms with E-state index in [0.29, 0.717) is 17.4 Å². The lowest BCUT2D eigenvalue weighted by Gasteiger charge is -2.32. The number of aromatic nitrogens is 3. The van der Waals surface area contributed by atoms with Crippen molar-refractivity contribution in [3.05, 3.63) is 39.9 Å². The highest BCUT2D eigenvalue weighted by molar-refractivity contribution is 5.56. The van der Waals surface area contributed by atoms with Crippen molar-refractivity contribution in [1.82, 2.24) is 15.0 Å². The second-order valence-electron chi connectivity index (χ2n) is 6.18. The number of nitrogens with zero attached hydrogens (tertiary/aromatic N) is 2. The van der Waals surface area contributed by atoms with Crippen LogP contribution in [-0.2, 0) is 0 Å². The van der Waals surface area contributed by atoms with Crippen LogP contribution in [0, 0.1) is 19.8 Å². The lowest BCUT2D eigenvalue weighted by molar-refractivity contribution is 0.285. The van der Waals surface area contributed by atoms with Crippen LogP contribution < -0.4 is 10.9 Å². The normalized spacial score (nSPS) is 16.1. The van der Waals surface area contributed by atoms with Gasteiger partial charge in [0, 0.05) is 29.1 Å². The molecule has 1 aliphatic carbocycles. The van der Waals surface area contributed by atoms with E-state index in [2.05, 4.69) is 27.2 Å². The topological polar surface area (TPSA) is 70.7 Å². The summed E-state index contributed by atoms with van der Waals surface area (Å²) in [5.41, 5.74) is 2.13. The van der Waals surface area contributed by atoms with E-state index < -0.39 is 0 Å². The first-order valence-corrected chi connectivity index (χ1v) is 7.85. The quantitative estimate of drug-likeness (QED) is 0.910. The second-order valence-corrected chi connectivity index (χ2v) is 6.18. The number of pyridine rings is 1. The molecule has 0 radical (unpaired) electrons. The summed E-state index contributed by atoms with van der Waals surface area (Å²) >= 11 is 0. The minimum Gasteiger partial charge on any atom is -0.367 e. The van der Waals surface area contributed by atoms with E-state index in [0.717, 1.165) is 23.0 Å². The molecule has 0 aromatic carbocycles. The number of rotatable bonds is 4. The Morgan fingerprint density at radius 1 is 1.32 bits per heavy atom. The molecule has 22 heavy (non-hydrogen) atoms. The van der Waals surface area contributed by atoms with E-state index in [1.165, 1.54) is 19.3 Å². The highest BCUT2D eigenvalue weighted by Gasteiger charge is 2.23. The largest absolute Gasteiger partial charge is 0.367 e. The van der Waals surface area contributed by atoms with Gasteiger partial charge in [0.25, 0.3) is 5.56 Å². The van der Waals surface area contributed by atoms with E-state index in [-0.39, 0.29) is 5.56 Å². The van der Waals surface area contributed by atoms with Crippen molar-refractivity contribution in [3.63, 3.8) is 0 Å². The van der Waals surface area contributed by atoms with Crippen LogP contribution in [0.1, 0.15) is 37.4 Å². The fourth-order valence-electron chi connectivity index (χ4n) is 2.69. The average Bonchev–Trinajstić information content (AvgIpc) is 2.43. The van der Waals surface area contributed by atoms with Crippen LogP contribution in [0.4, 0.5) is 5.82 Å². The predicted molar refractivity (Wildman–Crippen MR) is 88.0 cm³/mol. The van der Waals surface area contributed by atoms with Crippen LogP contribution in [-0.4, -0.2) is 21.0 Å². The molecule has 0 bridgehead atoms. The smallest absolute Gasteiger partial charge is 0.254 e. The van der Waals surface area contributed by atoms with Gasteiger partial charge in [-0.1, -0.05) is 6.42 Å². The standard InChI is InChI=1S/C17H22N4O/c1-10-11(2)20-16(21-17(10)22)14-7-8-15(18-9-14)19-12(3)13-5-4-6-13/h7-9,12-13H,4-6H2,1-3H3,(H,18,19)(H,20,21,22). The molecule has 0 amide bonds. The van der Waals surface area contributed by atoms with Crippen LogP contribution in [0.5, 0.6) is 0 Å². The number of aryl methyl sites for hydroxylation is 1. The number of anilines is 1. The molecule has 0 aliphatic heterocycles. The molecule has 5 heteroatoms. The zero-order valence-electron chi connectivity index (χ0n) is 13.3. The third kappa shape index (κ3) is 2.89. The van der Waals surface area contributed by atoms with Crippen LogP contribution >= 0.6 is 0 Å². The molecule has 2 N–H and O–H groups in total. The molecular weight excluding hydrogens is 276 g/mol. The fraction of sp³-hybridized carbons (Fsp3) is 0.471. The van der Waals surface area contributed by atoms with Crippen molar-refractivity contribution in [1.29, 1.82) is 0 Å². The van der Waals surface area contributed by atoms with Gasteiger partial charge >= 0.3 is 0 Å². The summed E-state index contributed by atoms with van der Waals surface area (Å²) in [6.07, 6.45) is 5.71. The first kappa shape index (κ1) is 14.8. The molecule has 1 unspecified atom stereocenters. The fourth-order valence-corrected chi connectivity index (χ4v) is 2.69. The van der Waals surface area contributed by atoms with Gasteiger partial charge in [0.1, 0.15) is 11.6 Å². The van der Waals surface area contributed by atoms with Crippen LogP contribution in [0.15, 0.2) is 23.1 Å². The van der Waals surface area contributed by atoms with Gasteiger partial charge in [0.05, 0.1) is 0 Å². The van der Waals surface area contributed by atoms with Crippen molar-refractivity contribution in [2.45, 2.75) is 46.1 Å². The first-order chi connectivity index (χ1) is 10.5. The summed E-state index contributed by atoms with van der Waals surface area (Å²) in [4.78, 5) is 23.5. The third-order valence-corrected chi connectivity index (χ3v) is 4.66. The van der Waals surface area contributed by atoms with E-state index in [1.54, 1.807) is 13.1 Å². The number of aromatic amines is 1.